The van der Waals surface area contributed by atoms with Gasteiger partial charge in [0, 0.05) is 22.5 Å². The van der Waals surface area contributed by atoms with Gasteiger partial charge >= 0.3 is 0 Å². The number of benzene rings is 2. The van der Waals surface area contributed by atoms with Crippen LogP contribution in [0.1, 0.15) is 11.1 Å². The van der Waals surface area contributed by atoms with Crippen molar-refractivity contribution in [1.82, 2.24) is 4.98 Å². The van der Waals surface area contributed by atoms with Crippen molar-refractivity contribution >= 4 is 21.9 Å². The third-order valence-corrected chi connectivity index (χ3v) is 3.84. The van der Waals surface area contributed by atoms with E-state index in [0.717, 1.165) is 27.8 Å². The van der Waals surface area contributed by atoms with E-state index in [4.69, 9.17) is 4.42 Å². The second-order valence-electron chi connectivity index (χ2n) is 5.53. The van der Waals surface area contributed by atoms with Crippen molar-refractivity contribution in [2.24, 2.45) is 0 Å². The Kier molecular flexibility index (Phi) is 2.58. The highest BCUT2D eigenvalue weighted by Gasteiger charge is 2.09. The predicted molar refractivity (Wildman–Crippen MR) is 86.4 cm³/mol. The van der Waals surface area contributed by atoms with Crippen molar-refractivity contribution < 1.29 is 4.42 Å². The van der Waals surface area contributed by atoms with E-state index in [0.29, 0.717) is 0 Å². The van der Waals surface area contributed by atoms with Crippen molar-refractivity contribution in [3.8, 4) is 11.3 Å². The number of nitrogens with zero attached hydrogens (tertiary/aromatic N) is 1. The van der Waals surface area contributed by atoms with Crippen molar-refractivity contribution in [2.75, 3.05) is 0 Å². The minimum atomic E-state index is 0.913. The fourth-order valence-electron chi connectivity index (χ4n) is 2.74. The van der Waals surface area contributed by atoms with E-state index in [1.807, 2.05) is 12.3 Å². The Hall–Kier alpha value is -2.61. The van der Waals surface area contributed by atoms with E-state index in [1.54, 1.807) is 0 Å². The molecule has 21 heavy (non-hydrogen) atoms. The number of hydrogen-bond acceptors (Lipinski definition) is 2. The van der Waals surface area contributed by atoms with E-state index < -0.39 is 0 Å². The number of rotatable bonds is 1. The second kappa shape index (κ2) is 4.45. The summed E-state index contributed by atoms with van der Waals surface area (Å²) < 4.78 is 6.00. The fourth-order valence-corrected chi connectivity index (χ4v) is 2.74. The number of hydrogen-bond donors (Lipinski definition) is 0. The molecule has 0 saturated carbocycles. The molecule has 0 aliphatic heterocycles. The first-order valence-electron chi connectivity index (χ1n) is 7.07. The Morgan fingerprint density at radius 2 is 1.48 bits per heavy atom. The van der Waals surface area contributed by atoms with Crippen LogP contribution in [-0.4, -0.2) is 4.98 Å². The average molecular weight is 273 g/mol. The zero-order valence-electron chi connectivity index (χ0n) is 12.1. The molecule has 0 atom stereocenters. The minimum Gasteiger partial charge on any atom is -0.456 e. The normalized spacial score (nSPS) is 11.3. The highest BCUT2D eigenvalue weighted by Crippen LogP contribution is 2.32. The summed E-state index contributed by atoms with van der Waals surface area (Å²) in [6.07, 6.45) is 1.84. The van der Waals surface area contributed by atoms with Gasteiger partial charge in [-0.15, -0.1) is 0 Å². The maximum Gasteiger partial charge on any atom is 0.136 e. The molecule has 0 unspecified atom stereocenters. The van der Waals surface area contributed by atoms with Gasteiger partial charge in [0.1, 0.15) is 11.2 Å². The first-order chi connectivity index (χ1) is 10.2. The monoisotopic (exact) mass is 273 g/mol. The Morgan fingerprint density at radius 1 is 0.762 bits per heavy atom. The third kappa shape index (κ3) is 2.00. The van der Waals surface area contributed by atoms with E-state index >= 15 is 0 Å². The number of fused-ring (bicyclic) bond motifs is 3. The number of furan rings is 1. The summed E-state index contributed by atoms with van der Waals surface area (Å²) in [5.41, 5.74) is 6.34. The zero-order valence-corrected chi connectivity index (χ0v) is 12.1. The number of aryl methyl sites for hydroxylation is 2. The van der Waals surface area contributed by atoms with Crippen molar-refractivity contribution in [1.29, 1.82) is 0 Å². The average Bonchev–Trinajstić information content (AvgIpc) is 2.83. The van der Waals surface area contributed by atoms with Crippen LogP contribution in [0.2, 0.25) is 0 Å². The molecule has 0 aliphatic rings. The first kappa shape index (κ1) is 12.2. The lowest BCUT2D eigenvalue weighted by Gasteiger charge is -2.01. The molecular formula is C19H15NO. The minimum absolute atomic E-state index is 0.913. The highest BCUT2D eigenvalue weighted by atomic mass is 16.3. The molecule has 0 amide bonds. The number of aromatic nitrogens is 1. The van der Waals surface area contributed by atoms with Crippen molar-refractivity contribution in [3.63, 3.8) is 0 Å². The van der Waals surface area contributed by atoms with Gasteiger partial charge in [-0.1, -0.05) is 18.2 Å². The quantitative estimate of drug-likeness (QED) is 0.472. The molecule has 2 aromatic carbocycles. The molecule has 0 saturated heterocycles. The van der Waals surface area contributed by atoms with Crippen LogP contribution in [0.5, 0.6) is 0 Å². The lowest BCUT2D eigenvalue weighted by atomic mass is 10.1. The molecule has 4 rings (SSSR count). The van der Waals surface area contributed by atoms with Crippen LogP contribution in [0.3, 0.4) is 0 Å². The molecule has 0 aliphatic carbocycles. The Bertz CT molecular complexity index is 966. The fraction of sp³-hybridized carbons (Fsp3) is 0.105. The molecule has 0 fully saturated rings. The molecule has 102 valence electrons. The summed E-state index contributed by atoms with van der Waals surface area (Å²) in [6.45, 7) is 4.16. The van der Waals surface area contributed by atoms with E-state index in [1.165, 1.54) is 16.5 Å². The Balaban J connectivity index is 1.96. The molecule has 0 bridgehead atoms. The molecule has 2 heteroatoms. The summed E-state index contributed by atoms with van der Waals surface area (Å²) >= 11 is 0. The molecule has 2 aromatic heterocycles. The molecule has 0 radical (unpaired) electrons. The topological polar surface area (TPSA) is 26.0 Å². The van der Waals surface area contributed by atoms with E-state index in [-0.39, 0.29) is 0 Å². The molecule has 2 heterocycles. The van der Waals surface area contributed by atoms with Gasteiger partial charge in [-0.25, -0.2) is 0 Å². The maximum absolute atomic E-state index is 6.00. The molecular weight excluding hydrogens is 258 g/mol. The Labute approximate surface area is 123 Å². The van der Waals surface area contributed by atoms with Crippen molar-refractivity contribution in [3.05, 3.63) is 65.9 Å². The number of pyridine rings is 1. The van der Waals surface area contributed by atoms with Crippen LogP contribution < -0.4 is 0 Å². The largest absolute Gasteiger partial charge is 0.456 e. The SMILES string of the molecule is Cc1ccnc(-c2ccc3c(c2)oc2cc(C)ccc23)c1. The zero-order chi connectivity index (χ0) is 14.4. The second-order valence-corrected chi connectivity index (χ2v) is 5.53. The lowest BCUT2D eigenvalue weighted by molar-refractivity contribution is 0.668. The van der Waals surface area contributed by atoms with Crippen LogP contribution in [-0.2, 0) is 0 Å². The standard InChI is InChI=1S/C19H15NO/c1-12-3-5-15-16-6-4-14(11-19(16)21-18(15)10-12)17-9-13(2)7-8-20-17/h3-11H,1-2H3. The van der Waals surface area contributed by atoms with E-state index in [2.05, 4.69) is 61.3 Å². The molecule has 4 aromatic rings. The first-order valence-corrected chi connectivity index (χ1v) is 7.07. The smallest absolute Gasteiger partial charge is 0.136 e. The highest BCUT2D eigenvalue weighted by molar-refractivity contribution is 6.05. The maximum atomic E-state index is 6.00. The van der Waals surface area contributed by atoms with Gasteiger partial charge in [0.05, 0.1) is 5.69 Å². The van der Waals surface area contributed by atoms with Gasteiger partial charge in [-0.3, -0.25) is 4.98 Å². The summed E-state index contributed by atoms with van der Waals surface area (Å²) in [6, 6.07) is 16.7. The van der Waals surface area contributed by atoms with Crippen LogP contribution in [0.25, 0.3) is 33.2 Å². The van der Waals surface area contributed by atoms with Crippen LogP contribution >= 0.6 is 0 Å². The molecule has 0 spiro atoms. The summed E-state index contributed by atoms with van der Waals surface area (Å²) in [7, 11) is 0. The summed E-state index contributed by atoms with van der Waals surface area (Å²) in [5, 5.41) is 2.32. The van der Waals surface area contributed by atoms with Gasteiger partial charge in [0.25, 0.3) is 0 Å². The van der Waals surface area contributed by atoms with Gasteiger partial charge in [0.2, 0.25) is 0 Å². The van der Waals surface area contributed by atoms with Gasteiger partial charge in [-0.05, 0) is 55.3 Å². The summed E-state index contributed by atoms with van der Waals surface area (Å²) in [5.74, 6) is 0. The Morgan fingerprint density at radius 3 is 2.29 bits per heavy atom. The summed E-state index contributed by atoms with van der Waals surface area (Å²) in [4.78, 5) is 4.44. The van der Waals surface area contributed by atoms with Gasteiger partial charge in [-0.2, -0.15) is 0 Å². The third-order valence-electron chi connectivity index (χ3n) is 3.84. The van der Waals surface area contributed by atoms with E-state index in [9.17, 15) is 0 Å². The lowest BCUT2D eigenvalue weighted by Crippen LogP contribution is -1.83. The molecule has 2 nitrogen and oxygen atoms in total. The van der Waals surface area contributed by atoms with Gasteiger partial charge in [0.15, 0.2) is 0 Å². The predicted octanol–water partition coefficient (Wildman–Crippen LogP) is 5.26. The van der Waals surface area contributed by atoms with Crippen LogP contribution in [0, 0.1) is 13.8 Å². The van der Waals surface area contributed by atoms with Crippen LogP contribution in [0.15, 0.2) is 59.1 Å². The van der Waals surface area contributed by atoms with Crippen molar-refractivity contribution in [2.45, 2.75) is 13.8 Å². The van der Waals surface area contributed by atoms with Crippen LogP contribution in [0.4, 0.5) is 0 Å². The van der Waals surface area contributed by atoms with Gasteiger partial charge < -0.3 is 4.42 Å². The molecule has 0 N–H and O–H groups in total.